The minimum atomic E-state index is -0.0389. The first-order chi connectivity index (χ1) is 23.0. The lowest BCUT2D eigenvalue weighted by atomic mass is 9.94. The number of benzene rings is 3. The summed E-state index contributed by atoms with van der Waals surface area (Å²) in [5.74, 6) is 0.840. The van der Waals surface area contributed by atoms with Crippen LogP contribution < -0.4 is 9.64 Å². The number of rotatable bonds is 8. The Kier molecular flexibility index (Phi) is 7.77. The third-order valence-corrected chi connectivity index (χ3v) is 10.4. The summed E-state index contributed by atoms with van der Waals surface area (Å²) in [5.41, 5.74) is 14.1. The molecule has 1 atom stereocenters. The Morgan fingerprint density at radius 2 is 1.73 bits per heavy atom. The largest absolute Gasteiger partial charge is 0.494 e. The molecule has 0 saturated carbocycles. The van der Waals surface area contributed by atoms with Crippen molar-refractivity contribution in [3.05, 3.63) is 99.1 Å². The number of hydrogen-bond donors (Lipinski definition) is 1. The predicted molar refractivity (Wildman–Crippen MR) is 193 cm³/mol. The molecular formula is C40H43N5O3. The van der Waals surface area contributed by atoms with E-state index in [-0.39, 0.29) is 11.9 Å². The van der Waals surface area contributed by atoms with E-state index in [9.17, 15) is 9.59 Å². The Bertz CT molecular complexity index is 2240. The molecular weight excluding hydrogens is 598 g/mol. The lowest BCUT2D eigenvalue weighted by Gasteiger charge is -2.34. The number of aryl methyl sites for hydroxylation is 6. The number of fused-ring (bicyclic) bond motifs is 4. The molecule has 0 bridgehead atoms. The molecule has 0 fully saturated rings. The highest BCUT2D eigenvalue weighted by molar-refractivity contribution is 6.15. The van der Waals surface area contributed by atoms with Crippen molar-refractivity contribution >= 4 is 39.7 Å². The van der Waals surface area contributed by atoms with E-state index >= 15 is 0 Å². The summed E-state index contributed by atoms with van der Waals surface area (Å²) in [6, 6.07) is 16.3. The van der Waals surface area contributed by atoms with Crippen LogP contribution in [0.5, 0.6) is 5.75 Å². The highest BCUT2D eigenvalue weighted by atomic mass is 16.5. The van der Waals surface area contributed by atoms with Crippen molar-refractivity contribution in [1.82, 2.24) is 19.3 Å². The van der Waals surface area contributed by atoms with Gasteiger partial charge in [-0.2, -0.15) is 5.10 Å². The minimum absolute atomic E-state index is 0.0164. The second kappa shape index (κ2) is 11.8. The van der Waals surface area contributed by atoms with E-state index in [0.29, 0.717) is 25.3 Å². The van der Waals surface area contributed by atoms with Gasteiger partial charge in [0.1, 0.15) is 11.4 Å². The van der Waals surface area contributed by atoms with Crippen LogP contribution in [0.2, 0.25) is 0 Å². The fourth-order valence-corrected chi connectivity index (χ4v) is 7.68. The van der Waals surface area contributed by atoms with Gasteiger partial charge in [-0.3, -0.25) is 14.3 Å². The number of aldehydes is 1. The first-order valence-electron chi connectivity index (χ1n) is 16.8. The van der Waals surface area contributed by atoms with Gasteiger partial charge in [0.25, 0.3) is 5.91 Å². The molecule has 246 valence electrons. The van der Waals surface area contributed by atoms with Crippen LogP contribution in [0.15, 0.2) is 48.5 Å². The molecule has 1 N–H and O–H groups in total. The second-order valence-corrected chi connectivity index (χ2v) is 13.5. The third kappa shape index (κ3) is 4.93. The number of H-pyrrole nitrogens is 1. The van der Waals surface area contributed by atoms with Gasteiger partial charge in [0.05, 0.1) is 34.7 Å². The Morgan fingerprint density at radius 1 is 0.979 bits per heavy atom. The monoisotopic (exact) mass is 641 g/mol. The average molecular weight is 642 g/mol. The Balaban J connectivity index is 1.37. The van der Waals surface area contributed by atoms with Crippen molar-refractivity contribution < 1.29 is 14.3 Å². The molecule has 0 aliphatic carbocycles. The summed E-state index contributed by atoms with van der Waals surface area (Å²) < 4.78 is 10.5. The van der Waals surface area contributed by atoms with Crippen LogP contribution >= 0.6 is 0 Å². The maximum atomic E-state index is 14.9. The number of amides is 1. The van der Waals surface area contributed by atoms with Crippen molar-refractivity contribution in [2.45, 2.75) is 67.3 Å². The molecule has 1 aliphatic rings. The molecule has 1 aliphatic heterocycles. The van der Waals surface area contributed by atoms with Crippen LogP contribution in [0.25, 0.3) is 32.9 Å². The van der Waals surface area contributed by atoms with E-state index in [1.165, 1.54) is 16.7 Å². The molecule has 0 saturated heterocycles. The van der Waals surface area contributed by atoms with Gasteiger partial charge in [0.15, 0.2) is 6.29 Å². The van der Waals surface area contributed by atoms with E-state index < -0.39 is 0 Å². The zero-order valence-corrected chi connectivity index (χ0v) is 29.1. The van der Waals surface area contributed by atoms with Gasteiger partial charge in [0, 0.05) is 47.2 Å². The molecule has 6 aromatic rings. The van der Waals surface area contributed by atoms with Gasteiger partial charge in [0.2, 0.25) is 0 Å². The number of carbonyl (C=O) groups is 2. The quantitative estimate of drug-likeness (QED) is 0.134. The molecule has 0 radical (unpaired) electrons. The molecule has 1 amide bonds. The first-order valence-corrected chi connectivity index (χ1v) is 16.8. The van der Waals surface area contributed by atoms with Crippen molar-refractivity contribution in [3.63, 3.8) is 0 Å². The zero-order valence-electron chi connectivity index (χ0n) is 29.1. The summed E-state index contributed by atoms with van der Waals surface area (Å²) in [6.45, 7) is 15.9. The van der Waals surface area contributed by atoms with Crippen molar-refractivity contribution in [3.8, 4) is 16.9 Å². The van der Waals surface area contributed by atoms with Crippen LogP contribution in [0.1, 0.15) is 79.6 Å². The van der Waals surface area contributed by atoms with Gasteiger partial charge in [-0.1, -0.05) is 24.3 Å². The number of aromatic amines is 1. The summed E-state index contributed by atoms with van der Waals surface area (Å²) in [5, 5.41) is 6.77. The van der Waals surface area contributed by atoms with Gasteiger partial charge < -0.3 is 19.2 Å². The van der Waals surface area contributed by atoms with Crippen LogP contribution in [0, 0.1) is 41.5 Å². The van der Waals surface area contributed by atoms with Gasteiger partial charge in [-0.25, -0.2) is 0 Å². The lowest BCUT2D eigenvalue weighted by molar-refractivity contribution is 0.0957. The van der Waals surface area contributed by atoms with E-state index in [0.717, 1.165) is 85.3 Å². The first kappa shape index (κ1) is 31.5. The molecule has 4 heterocycles. The zero-order chi connectivity index (χ0) is 34.0. The molecule has 3 aromatic carbocycles. The number of ether oxygens (including phenoxy) is 1. The maximum Gasteiger partial charge on any atom is 0.275 e. The fourth-order valence-electron chi connectivity index (χ4n) is 7.68. The van der Waals surface area contributed by atoms with Gasteiger partial charge in [-0.15, -0.1) is 0 Å². The van der Waals surface area contributed by atoms with Gasteiger partial charge >= 0.3 is 0 Å². The molecule has 8 heteroatoms. The van der Waals surface area contributed by atoms with Crippen LogP contribution in [0.3, 0.4) is 0 Å². The standard InChI is InChI=1S/C40H43N5O3/c1-22-14-15-33-32(12-10-16-48-31-17-23(2)26(5)24(3)18-31)39-40(47)44(34-13-9-11-29-19-30(21-46)41-37(29)34)20-25(4)45(39)38(33)35(22)36-27(6)42-43(8)28(36)7/h9,11,13-15,17-19,21,25,41H,10,12,16,20H2,1-8H3/t25-/m1/s1. The normalized spacial score (nSPS) is 14.7. The molecule has 8 nitrogen and oxygen atoms in total. The third-order valence-electron chi connectivity index (χ3n) is 10.4. The second-order valence-electron chi connectivity index (χ2n) is 13.5. The number of carbonyl (C=O) groups excluding carboxylic acids is 2. The topological polar surface area (TPSA) is 85.2 Å². The number of anilines is 1. The predicted octanol–water partition coefficient (Wildman–Crippen LogP) is 8.42. The fraction of sp³-hybridized carbons (Fsp3) is 0.325. The SMILES string of the molecule is Cc1cc(OCCCc2c3n(c4c(-c5c(C)nn(C)c5C)c(C)ccc24)[C@H](C)CN(c2cccc4cc(C=O)[nH]c24)C3=O)cc(C)c1C. The Morgan fingerprint density at radius 3 is 2.42 bits per heavy atom. The van der Waals surface area contributed by atoms with E-state index in [2.05, 4.69) is 82.3 Å². The molecule has 0 spiro atoms. The summed E-state index contributed by atoms with van der Waals surface area (Å²) in [7, 11) is 1.98. The number of para-hydroxylation sites is 1. The van der Waals surface area contributed by atoms with Crippen LogP contribution in [0.4, 0.5) is 5.69 Å². The van der Waals surface area contributed by atoms with Crippen molar-refractivity contribution in [2.75, 3.05) is 18.1 Å². The molecule has 3 aromatic heterocycles. The molecule has 7 rings (SSSR count). The molecule has 48 heavy (non-hydrogen) atoms. The number of nitrogens with zero attached hydrogens (tertiary/aromatic N) is 4. The van der Waals surface area contributed by atoms with Crippen molar-refractivity contribution in [2.24, 2.45) is 7.05 Å². The van der Waals surface area contributed by atoms with E-state index in [4.69, 9.17) is 9.84 Å². The average Bonchev–Trinajstić information content (AvgIpc) is 3.71. The van der Waals surface area contributed by atoms with Crippen LogP contribution in [-0.4, -0.2) is 44.7 Å². The summed E-state index contributed by atoms with van der Waals surface area (Å²) in [6.07, 6.45) is 2.25. The summed E-state index contributed by atoms with van der Waals surface area (Å²) >= 11 is 0. The Labute approximate surface area is 281 Å². The highest BCUT2D eigenvalue weighted by Crippen LogP contribution is 2.44. The lowest BCUT2D eigenvalue weighted by Crippen LogP contribution is -2.42. The molecule has 0 unspecified atom stereocenters. The summed E-state index contributed by atoms with van der Waals surface area (Å²) in [4.78, 5) is 31.6. The smallest absolute Gasteiger partial charge is 0.275 e. The number of aromatic nitrogens is 4. The van der Waals surface area contributed by atoms with E-state index in [1.54, 1.807) is 0 Å². The number of hydrogen-bond acceptors (Lipinski definition) is 4. The number of nitrogens with one attached hydrogen (secondary N) is 1. The van der Waals surface area contributed by atoms with Crippen molar-refractivity contribution in [1.29, 1.82) is 0 Å². The maximum absolute atomic E-state index is 14.9. The Hall–Kier alpha value is -5.11. The van der Waals surface area contributed by atoms with E-state index in [1.807, 2.05) is 40.9 Å². The van der Waals surface area contributed by atoms with Crippen LogP contribution in [-0.2, 0) is 13.5 Å². The highest BCUT2D eigenvalue weighted by Gasteiger charge is 2.37. The van der Waals surface area contributed by atoms with Gasteiger partial charge in [-0.05, 0) is 113 Å². The minimum Gasteiger partial charge on any atom is -0.494 e.